The van der Waals surface area contributed by atoms with Gasteiger partial charge in [-0.1, -0.05) is 6.07 Å². The smallest absolute Gasteiger partial charge is 0.269 e. The minimum absolute atomic E-state index is 0.0707. The van der Waals surface area contributed by atoms with Crippen molar-refractivity contribution in [3.05, 3.63) is 68.2 Å². The molecule has 0 saturated heterocycles. The van der Waals surface area contributed by atoms with Gasteiger partial charge in [-0.2, -0.15) is 0 Å². The van der Waals surface area contributed by atoms with Gasteiger partial charge in [0.1, 0.15) is 12.4 Å². The average molecular weight is 357 g/mol. The number of nitro benzene ring substituents is 1. The van der Waals surface area contributed by atoms with Crippen LogP contribution in [-0.2, 0) is 12.5 Å². The van der Waals surface area contributed by atoms with E-state index in [2.05, 4.69) is 15.9 Å². The summed E-state index contributed by atoms with van der Waals surface area (Å²) in [5.41, 5.74) is 1.94. The second kappa shape index (κ2) is 6.72. The van der Waals surface area contributed by atoms with Crippen LogP contribution >= 0.6 is 27.5 Å². The fourth-order valence-corrected chi connectivity index (χ4v) is 2.33. The number of benzene rings is 2. The second-order valence-corrected chi connectivity index (χ2v) is 5.23. The molecule has 0 saturated carbocycles. The number of halogens is 2. The van der Waals surface area contributed by atoms with Crippen LogP contribution in [0.3, 0.4) is 0 Å². The molecule has 20 heavy (non-hydrogen) atoms. The number of hydrogen-bond acceptors (Lipinski definition) is 3. The summed E-state index contributed by atoms with van der Waals surface area (Å²) in [5, 5.41) is 10.6. The first-order valence-electron chi connectivity index (χ1n) is 5.80. The molecule has 0 N–H and O–H groups in total. The maximum absolute atomic E-state index is 10.6. The molecule has 0 aromatic heterocycles. The highest BCUT2D eigenvalue weighted by Crippen LogP contribution is 2.27. The van der Waals surface area contributed by atoms with Crippen molar-refractivity contribution in [3.63, 3.8) is 0 Å². The van der Waals surface area contributed by atoms with Gasteiger partial charge in [0.2, 0.25) is 0 Å². The molecule has 4 nitrogen and oxygen atoms in total. The molecule has 2 aromatic carbocycles. The molecule has 0 heterocycles. The molecule has 0 aliphatic heterocycles. The summed E-state index contributed by atoms with van der Waals surface area (Å²) in [6.45, 7) is 0.344. The Morgan fingerprint density at radius 1 is 1.15 bits per heavy atom. The van der Waals surface area contributed by atoms with Crippen molar-refractivity contribution in [2.75, 3.05) is 0 Å². The minimum atomic E-state index is -0.424. The number of non-ortho nitro benzene ring substituents is 1. The van der Waals surface area contributed by atoms with E-state index >= 15 is 0 Å². The van der Waals surface area contributed by atoms with Crippen molar-refractivity contribution in [1.29, 1.82) is 0 Å². The van der Waals surface area contributed by atoms with Gasteiger partial charge in [0.25, 0.3) is 5.69 Å². The third-order valence-electron chi connectivity index (χ3n) is 2.69. The summed E-state index contributed by atoms with van der Waals surface area (Å²) in [4.78, 5) is 10.1. The van der Waals surface area contributed by atoms with E-state index in [1.807, 2.05) is 18.2 Å². The van der Waals surface area contributed by atoms with Gasteiger partial charge in [-0.25, -0.2) is 0 Å². The summed E-state index contributed by atoms with van der Waals surface area (Å²) in [6.07, 6.45) is 0. The summed E-state index contributed by atoms with van der Waals surface area (Å²) >= 11 is 9.17. The van der Waals surface area contributed by atoms with Gasteiger partial charge in [0, 0.05) is 18.0 Å². The molecule has 0 bridgehead atoms. The lowest BCUT2D eigenvalue weighted by Gasteiger charge is -2.09. The number of rotatable bonds is 5. The first kappa shape index (κ1) is 14.8. The van der Waals surface area contributed by atoms with Crippen molar-refractivity contribution in [1.82, 2.24) is 0 Å². The van der Waals surface area contributed by atoms with Crippen molar-refractivity contribution in [2.45, 2.75) is 12.5 Å². The van der Waals surface area contributed by atoms with E-state index in [0.717, 1.165) is 15.6 Å². The number of alkyl halides is 1. The Kier molecular flexibility index (Phi) is 4.98. The van der Waals surface area contributed by atoms with Crippen LogP contribution in [0.15, 0.2) is 46.9 Å². The van der Waals surface area contributed by atoms with Gasteiger partial charge >= 0.3 is 0 Å². The topological polar surface area (TPSA) is 52.4 Å². The monoisotopic (exact) mass is 355 g/mol. The average Bonchev–Trinajstić information content (AvgIpc) is 2.46. The Morgan fingerprint density at radius 2 is 1.80 bits per heavy atom. The third kappa shape index (κ3) is 3.71. The van der Waals surface area contributed by atoms with Crippen molar-refractivity contribution in [2.24, 2.45) is 0 Å². The molecule has 0 aliphatic carbocycles. The predicted octanol–water partition coefficient (Wildman–Crippen LogP) is 4.68. The molecule has 0 radical (unpaired) electrons. The zero-order valence-electron chi connectivity index (χ0n) is 10.4. The van der Waals surface area contributed by atoms with Crippen LogP contribution in [0.1, 0.15) is 11.1 Å². The standard InChI is InChI=1S/C14H11BrClNO3/c15-13-7-11(8-16)3-6-14(13)20-9-10-1-4-12(5-2-10)17(18)19/h1-7H,8-9H2. The van der Waals surface area contributed by atoms with E-state index in [9.17, 15) is 10.1 Å². The molecular formula is C14H11BrClNO3. The van der Waals surface area contributed by atoms with Gasteiger partial charge in [-0.3, -0.25) is 10.1 Å². The fraction of sp³-hybridized carbons (Fsp3) is 0.143. The molecule has 104 valence electrons. The first-order valence-corrected chi connectivity index (χ1v) is 7.13. The summed E-state index contributed by atoms with van der Waals surface area (Å²) in [5.74, 6) is 1.15. The number of nitro groups is 1. The second-order valence-electron chi connectivity index (χ2n) is 4.11. The Labute approximate surface area is 129 Å². The lowest BCUT2D eigenvalue weighted by atomic mass is 10.2. The van der Waals surface area contributed by atoms with E-state index in [0.29, 0.717) is 18.2 Å². The number of ether oxygens (including phenoxy) is 1. The molecule has 2 rings (SSSR count). The van der Waals surface area contributed by atoms with Crippen molar-refractivity contribution in [3.8, 4) is 5.75 Å². The van der Waals surface area contributed by atoms with Crippen LogP contribution in [0.4, 0.5) is 5.69 Å². The highest BCUT2D eigenvalue weighted by Gasteiger charge is 2.06. The van der Waals surface area contributed by atoms with Crippen LogP contribution in [-0.4, -0.2) is 4.92 Å². The van der Waals surface area contributed by atoms with Crippen LogP contribution < -0.4 is 4.74 Å². The molecule has 0 fully saturated rings. The molecular weight excluding hydrogens is 346 g/mol. The van der Waals surface area contributed by atoms with Crippen molar-refractivity contribution >= 4 is 33.2 Å². The number of nitrogens with zero attached hydrogens (tertiary/aromatic N) is 1. The Hall–Kier alpha value is -1.59. The van der Waals surface area contributed by atoms with E-state index in [1.165, 1.54) is 12.1 Å². The summed E-state index contributed by atoms with van der Waals surface area (Å²) in [7, 11) is 0. The van der Waals surface area contributed by atoms with Crippen LogP contribution in [0.25, 0.3) is 0 Å². The molecule has 2 aromatic rings. The zero-order valence-corrected chi connectivity index (χ0v) is 12.7. The van der Waals surface area contributed by atoms with Gasteiger partial charge in [-0.15, -0.1) is 11.6 Å². The largest absolute Gasteiger partial charge is 0.488 e. The van der Waals surface area contributed by atoms with E-state index < -0.39 is 4.92 Å². The predicted molar refractivity (Wildman–Crippen MR) is 81.1 cm³/mol. The molecule has 0 amide bonds. The zero-order chi connectivity index (χ0) is 14.5. The highest BCUT2D eigenvalue weighted by atomic mass is 79.9. The molecule has 0 spiro atoms. The SMILES string of the molecule is O=[N+]([O-])c1ccc(COc2ccc(CCl)cc2Br)cc1. The minimum Gasteiger partial charge on any atom is -0.488 e. The molecule has 0 atom stereocenters. The van der Waals surface area contributed by atoms with Gasteiger partial charge < -0.3 is 4.74 Å². The van der Waals surface area contributed by atoms with E-state index in [-0.39, 0.29) is 5.69 Å². The van der Waals surface area contributed by atoms with Crippen LogP contribution in [0, 0.1) is 10.1 Å². The van der Waals surface area contributed by atoms with Crippen molar-refractivity contribution < 1.29 is 9.66 Å². The Morgan fingerprint density at radius 3 is 2.35 bits per heavy atom. The maximum atomic E-state index is 10.6. The fourth-order valence-electron chi connectivity index (χ4n) is 1.62. The lowest BCUT2D eigenvalue weighted by molar-refractivity contribution is -0.384. The van der Waals surface area contributed by atoms with Crippen LogP contribution in [0.2, 0.25) is 0 Å². The van der Waals surface area contributed by atoms with E-state index in [4.69, 9.17) is 16.3 Å². The molecule has 0 aliphatic rings. The van der Waals surface area contributed by atoms with Crippen LogP contribution in [0.5, 0.6) is 5.75 Å². The van der Waals surface area contributed by atoms with E-state index in [1.54, 1.807) is 12.1 Å². The molecule has 0 unspecified atom stereocenters. The summed E-state index contributed by atoms with van der Waals surface area (Å²) < 4.78 is 6.49. The quantitative estimate of drug-likeness (QED) is 0.444. The number of hydrogen-bond donors (Lipinski definition) is 0. The highest BCUT2D eigenvalue weighted by molar-refractivity contribution is 9.10. The van der Waals surface area contributed by atoms with Gasteiger partial charge in [0.15, 0.2) is 0 Å². The van der Waals surface area contributed by atoms with Gasteiger partial charge in [-0.05, 0) is 51.3 Å². The lowest BCUT2D eigenvalue weighted by Crippen LogP contribution is -1.97. The first-order chi connectivity index (χ1) is 9.60. The Balaban J connectivity index is 2.03. The molecule has 6 heteroatoms. The maximum Gasteiger partial charge on any atom is 0.269 e. The normalized spacial score (nSPS) is 10.3. The Bertz CT molecular complexity index is 616. The third-order valence-corrected chi connectivity index (χ3v) is 3.62. The summed E-state index contributed by atoms with van der Waals surface area (Å²) in [6, 6.07) is 11.9. The van der Waals surface area contributed by atoms with Gasteiger partial charge in [0.05, 0.1) is 9.40 Å².